The van der Waals surface area contributed by atoms with Crippen molar-refractivity contribution in [3.05, 3.63) is 119 Å². The highest BCUT2D eigenvalue weighted by Crippen LogP contribution is 2.27. The molecular weight excluding hydrogens is 480 g/mol. The van der Waals surface area contributed by atoms with Gasteiger partial charge in [-0.25, -0.2) is 0 Å². The van der Waals surface area contributed by atoms with Gasteiger partial charge in [0.05, 0.1) is 6.61 Å². The lowest BCUT2D eigenvalue weighted by Gasteiger charge is -2.12. The number of rotatable bonds is 7. The Bertz CT molecular complexity index is 1470. The largest absolute Gasteiger partial charge is 0.508 e. The quantitative estimate of drug-likeness (QED) is 0.310. The summed E-state index contributed by atoms with van der Waals surface area (Å²) in [5, 5.41) is 18.2. The van der Waals surface area contributed by atoms with Crippen molar-refractivity contribution in [1.82, 2.24) is 10.9 Å². The van der Waals surface area contributed by atoms with Crippen molar-refractivity contribution in [1.29, 1.82) is 0 Å². The first kappa shape index (κ1) is 23.4. The van der Waals surface area contributed by atoms with E-state index in [0.29, 0.717) is 18.4 Å². The highest BCUT2D eigenvalue weighted by molar-refractivity contribution is 5.96. The second kappa shape index (κ2) is 10.2. The van der Waals surface area contributed by atoms with Gasteiger partial charge in [-0.1, -0.05) is 24.3 Å². The summed E-state index contributed by atoms with van der Waals surface area (Å²) in [5.74, 6) is 2.12. The lowest BCUT2D eigenvalue weighted by atomic mass is 10.0. The molecule has 0 fully saturated rings. The number of hydrogen-bond donors (Lipinski definition) is 3. The monoisotopic (exact) mass is 506 g/mol. The van der Waals surface area contributed by atoms with Gasteiger partial charge in [-0.15, -0.1) is 10.2 Å². The van der Waals surface area contributed by atoms with Crippen molar-refractivity contribution in [3.8, 4) is 22.6 Å². The van der Waals surface area contributed by atoms with Crippen LogP contribution >= 0.6 is 0 Å². The number of phenols is 1. The molecule has 8 nitrogen and oxygen atoms in total. The minimum Gasteiger partial charge on any atom is -0.508 e. The zero-order valence-electron chi connectivity index (χ0n) is 20.7. The molecule has 2 heterocycles. The smallest absolute Gasteiger partial charge is 0.240 e. The molecule has 4 aromatic carbocycles. The summed E-state index contributed by atoms with van der Waals surface area (Å²) in [4.78, 5) is 0. The van der Waals surface area contributed by atoms with Gasteiger partial charge in [0.15, 0.2) is 0 Å². The Kier molecular flexibility index (Phi) is 6.27. The van der Waals surface area contributed by atoms with E-state index in [-0.39, 0.29) is 18.2 Å². The summed E-state index contributed by atoms with van der Waals surface area (Å²) in [6, 6.07) is 30.8. The molecule has 0 bridgehead atoms. The first-order valence-electron chi connectivity index (χ1n) is 12.4. The van der Waals surface area contributed by atoms with Gasteiger partial charge in [-0.3, -0.25) is 10.9 Å². The summed E-state index contributed by atoms with van der Waals surface area (Å²) in [6.07, 6.45) is -0.723. The number of hydrogen-bond acceptors (Lipinski definition) is 8. The molecule has 2 aliphatic rings. The maximum Gasteiger partial charge on any atom is 0.240 e. The summed E-state index contributed by atoms with van der Waals surface area (Å²) >= 11 is 0. The molecule has 0 saturated heterocycles. The molecule has 0 aromatic heterocycles. The first-order chi connectivity index (χ1) is 18.7. The number of nitrogens with one attached hydrogen (secondary N) is 2. The van der Waals surface area contributed by atoms with Crippen molar-refractivity contribution < 1.29 is 19.3 Å². The van der Waals surface area contributed by atoms with Crippen LogP contribution in [0.1, 0.15) is 41.6 Å². The van der Waals surface area contributed by atoms with Crippen LogP contribution in [0.25, 0.3) is 11.1 Å². The highest BCUT2D eigenvalue weighted by Gasteiger charge is 2.23. The second-order valence-electron chi connectivity index (χ2n) is 8.84. The molecular formula is C30H26N4O4. The summed E-state index contributed by atoms with van der Waals surface area (Å²) < 4.78 is 17.5. The van der Waals surface area contributed by atoms with Gasteiger partial charge in [0.1, 0.15) is 11.5 Å². The topological polar surface area (TPSA) is 96.7 Å². The minimum absolute atomic E-state index is 0.213. The second-order valence-corrected chi connectivity index (χ2v) is 8.84. The van der Waals surface area contributed by atoms with Gasteiger partial charge in [0.25, 0.3) is 0 Å². The zero-order chi connectivity index (χ0) is 25.9. The molecule has 0 saturated carbocycles. The van der Waals surface area contributed by atoms with Crippen molar-refractivity contribution in [2.75, 3.05) is 6.61 Å². The number of nitrogens with zero attached hydrogens (tertiary/aromatic N) is 2. The molecule has 190 valence electrons. The Hall–Kier alpha value is -4.98. The Balaban J connectivity index is 1.08. The molecule has 0 radical (unpaired) electrons. The van der Waals surface area contributed by atoms with Gasteiger partial charge in [0.2, 0.25) is 24.3 Å². The number of aromatic hydroxyl groups is 1. The maximum atomic E-state index is 9.49. The average Bonchev–Trinajstić information content (AvgIpc) is 3.66. The molecule has 2 atom stereocenters. The van der Waals surface area contributed by atoms with Gasteiger partial charge in [0, 0.05) is 22.3 Å². The third-order valence-corrected chi connectivity index (χ3v) is 6.31. The Morgan fingerprint density at radius 1 is 0.632 bits per heavy atom. The van der Waals surface area contributed by atoms with Crippen LogP contribution in [0.5, 0.6) is 11.5 Å². The lowest BCUT2D eigenvalue weighted by Crippen LogP contribution is -2.12. The summed E-state index contributed by atoms with van der Waals surface area (Å²) in [6.45, 7) is 2.60. The molecule has 38 heavy (non-hydrogen) atoms. The van der Waals surface area contributed by atoms with Crippen molar-refractivity contribution in [2.45, 2.75) is 19.4 Å². The van der Waals surface area contributed by atoms with Crippen LogP contribution in [0.3, 0.4) is 0 Å². The first-order valence-corrected chi connectivity index (χ1v) is 12.4. The van der Waals surface area contributed by atoms with Crippen LogP contribution in [0.15, 0.2) is 107 Å². The fraction of sp³-hybridized carbons (Fsp3) is 0.133. The third kappa shape index (κ3) is 4.84. The molecule has 2 aliphatic heterocycles. The molecule has 3 N–H and O–H groups in total. The predicted octanol–water partition coefficient (Wildman–Crippen LogP) is 5.42. The van der Waals surface area contributed by atoms with E-state index in [1.807, 2.05) is 79.7 Å². The predicted molar refractivity (Wildman–Crippen MR) is 145 cm³/mol. The number of phenolic OH excluding ortho intramolecular Hbond substituents is 1. The van der Waals surface area contributed by atoms with Crippen molar-refractivity contribution in [3.63, 3.8) is 0 Å². The summed E-state index contributed by atoms with van der Waals surface area (Å²) in [5.41, 5.74) is 11.8. The van der Waals surface area contributed by atoms with Crippen molar-refractivity contribution in [2.24, 2.45) is 10.2 Å². The van der Waals surface area contributed by atoms with Crippen LogP contribution in [-0.4, -0.2) is 23.5 Å². The van der Waals surface area contributed by atoms with Gasteiger partial charge < -0.3 is 19.3 Å². The Labute approximate surface area is 220 Å². The lowest BCUT2D eigenvalue weighted by molar-refractivity contribution is 0.191. The standard InChI is InChI=1S/C30H26N4O4/c1-2-36-26-17-13-24(14-18-26)30-34-32-28(38-30)22-9-5-20(6-10-22)19-3-7-21(8-4-19)27-31-33-29(37-27)23-11-15-25(35)16-12-23/h3-18,29-30,33-35H,2H2,1H3. The van der Waals surface area contributed by atoms with Crippen LogP contribution in [-0.2, 0) is 9.47 Å². The molecule has 6 rings (SSSR count). The van der Waals surface area contributed by atoms with E-state index in [4.69, 9.17) is 14.2 Å². The number of hydrazone groups is 2. The molecule has 2 unspecified atom stereocenters. The fourth-order valence-electron chi connectivity index (χ4n) is 4.28. The van der Waals surface area contributed by atoms with Gasteiger partial charge >= 0.3 is 0 Å². The van der Waals surface area contributed by atoms with E-state index in [1.54, 1.807) is 24.3 Å². The number of ether oxygens (including phenoxy) is 3. The molecule has 0 aliphatic carbocycles. The fourth-order valence-corrected chi connectivity index (χ4v) is 4.28. The van der Waals surface area contributed by atoms with E-state index in [2.05, 4.69) is 21.1 Å². The van der Waals surface area contributed by atoms with Crippen LogP contribution in [0.4, 0.5) is 0 Å². The van der Waals surface area contributed by atoms with E-state index in [0.717, 1.165) is 39.1 Å². The van der Waals surface area contributed by atoms with Crippen molar-refractivity contribution >= 4 is 11.8 Å². The maximum absolute atomic E-state index is 9.49. The SMILES string of the molecule is CCOc1ccc(C2NN=C(c3ccc(-c4ccc(C5=NNC(c6ccc(O)cc6)O5)cc4)cc3)O2)cc1. The average molecular weight is 507 g/mol. The molecule has 0 spiro atoms. The Morgan fingerprint density at radius 2 is 1.05 bits per heavy atom. The van der Waals surface area contributed by atoms with Gasteiger partial charge in [-0.05, 0) is 90.8 Å². The van der Waals surface area contributed by atoms with Crippen LogP contribution < -0.4 is 15.6 Å². The van der Waals surface area contributed by atoms with E-state index in [1.165, 1.54) is 0 Å². The van der Waals surface area contributed by atoms with Crippen LogP contribution in [0.2, 0.25) is 0 Å². The third-order valence-electron chi connectivity index (χ3n) is 6.31. The zero-order valence-corrected chi connectivity index (χ0v) is 20.7. The van der Waals surface area contributed by atoms with E-state index >= 15 is 0 Å². The normalized spacial score (nSPS) is 17.9. The molecule has 4 aromatic rings. The van der Waals surface area contributed by atoms with Crippen LogP contribution in [0, 0.1) is 0 Å². The summed E-state index contributed by atoms with van der Waals surface area (Å²) in [7, 11) is 0. The van der Waals surface area contributed by atoms with E-state index in [9.17, 15) is 5.11 Å². The molecule has 8 heteroatoms. The Morgan fingerprint density at radius 3 is 1.50 bits per heavy atom. The minimum atomic E-state index is -0.387. The number of benzene rings is 4. The molecule has 0 amide bonds. The van der Waals surface area contributed by atoms with Gasteiger partial charge in [-0.2, -0.15) is 0 Å². The highest BCUT2D eigenvalue weighted by atomic mass is 16.5. The van der Waals surface area contributed by atoms with E-state index < -0.39 is 0 Å².